The zero-order chi connectivity index (χ0) is 35.6. The van der Waals surface area contributed by atoms with E-state index in [1.54, 1.807) is 32.0 Å². The molecule has 0 saturated carbocycles. The lowest BCUT2D eigenvalue weighted by Gasteiger charge is -2.15. The number of anilines is 1. The number of carbonyl (C=O) groups is 4. The first-order valence-electron chi connectivity index (χ1n) is 15.5. The van der Waals surface area contributed by atoms with Gasteiger partial charge in [0.05, 0.1) is 56.6 Å². The third kappa shape index (κ3) is 7.23. The average Bonchev–Trinajstić information content (AvgIpc) is 3.45. The molecule has 0 aliphatic carbocycles. The van der Waals surface area contributed by atoms with Crippen molar-refractivity contribution < 1.29 is 38.1 Å². The largest absolute Gasteiger partial charge is 0.462 e. The number of para-hydroxylation sites is 1. The molecule has 0 aliphatic rings. The predicted octanol–water partition coefficient (Wildman–Crippen LogP) is 7.60. The molecule has 0 saturated heterocycles. The summed E-state index contributed by atoms with van der Waals surface area (Å²) in [5.74, 6) is -1.36. The number of fused-ring (bicyclic) bond motifs is 2. The second kappa shape index (κ2) is 14.9. The quantitative estimate of drug-likeness (QED) is 0.106. The second-order valence-corrected chi connectivity index (χ2v) is 12.9. The summed E-state index contributed by atoms with van der Waals surface area (Å²) in [4.78, 5) is 50.3. The van der Waals surface area contributed by atoms with Crippen LogP contribution in [0, 0.1) is 0 Å². The third-order valence-electron chi connectivity index (χ3n) is 8.04. The van der Waals surface area contributed by atoms with Crippen molar-refractivity contribution in [2.75, 3.05) is 18.5 Å². The van der Waals surface area contributed by atoms with Gasteiger partial charge < -0.3 is 33.4 Å². The van der Waals surface area contributed by atoms with E-state index in [2.05, 4.69) is 37.2 Å². The first-order chi connectivity index (χ1) is 23.4. The summed E-state index contributed by atoms with van der Waals surface area (Å²) >= 11 is 6.97. The Morgan fingerprint density at radius 3 is 1.67 bits per heavy atom. The van der Waals surface area contributed by atoms with Crippen molar-refractivity contribution >= 4 is 83.2 Å². The molecule has 2 aromatic heterocycles. The topological polar surface area (TPSA) is 127 Å². The van der Waals surface area contributed by atoms with Crippen molar-refractivity contribution in [2.24, 2.45) is 14.1 Å². The van der Waals surface area contributed by atoms with Gasteiger partial charge in [-0.3, -0.25) is 9.59 Å². The Labute approximate surface area is 299 Å². The Kier molecular flexibility index (Phi) is 10.8. The van der Waals surface area contributed by atoms with Crippen LogP contribution in [0.5, 0.6) is 11.5 Å². The summed E-state index contributed by atoms with van der Waals surface area (Å²) in [7, 11) is 3.73. The molecule has 0 bridgehead atoms. The fraction of sp³-hybridized carbons (Fsp3) is 0.278. The lowest BCUT2D eigenvalue weighted by molar-refractivity contribution is -0.132. The number of nitrogens with zero attached hydrogens (tertiary/aromatic N) is 2. The monoisotopic (exact) mass is 795 g/mol. The van der Waals surface area contributed by atoms with Gasteiger partial charge in [0.1, 0.15) is 11.5 Å². The Hall–Kier alpha value is -4.62. The van der Waals surface area contributed by atoms with Crippen LogP contribution < -0.4 is 14.8 Å². The van der Waals surface area contributed by atoms with E-state index in [9.17, 15) is 19.2 Å². The SMILES string of the molecule is CCOC(=O)c1c(CNc2ccccc2Cc2c(C(=O)OCC)c3cc(OC(C)=O)c(Br)cc3n2C)n(C)c2cc(Br)c(OC(C)=O)cc12. The maximum atomic E-state index is 13.4. The number of aromatic nitrogens is 2. The summed E-state index contributed by atoms with van der Waals surface area (Å²) in [6.45, 7) is 6.73. The molecule has 11 nitrogen and oxygen atoms in total. The van der Waals surface area contributed by atoms with Gasteiger partial charge in [-0.15, -0.1) is 0 Å². The van der Waals surface area contributed by atoms with Gasteiger partial charge in [-0.1, -0.05) is 18.2 Å². The summed E-state index contributed by atoms with van der Waals surface area (Å²) in [5.41, 5.74) is 5.26. The summed E-state index contributed by atoms with van der Waals surface area (Å²) in [5, 5.41) is 4.68. The van der Waals surface area contributed by atoms with Crippen LogP contribution in [-0.4, -0.2) is 46.2 Å². The number of ether oxygens (including phenoxy) is 4. The molecule has 0 spiro atoms. The van der Waals surface area contributed by atoms with Crippen LogP contribution in [0.1, 0.15) is 65.4 Å². The predicted molar refractivity (Wildman–Crippen MR) is 192 cm³/mol. The smallest absolute Gasteiger partial charge is 0.340 e. The van der Waals surface area contributed by atoms with Crippen molar-refractivity contribution in [3.05, 3.63) is 85.6 Å². The Bertz CT molecular complexity index is 2130. The minimum absolute atomic E-state index is 0.186. The molecule has 5 aromatic rings. The van der Waals surface area contributed by atoms with E-state index < -0.39 is 23.9 Å². The van der Waals surface area contributed by atoms with E-state index in [1.807, 2.05) is 53.6 Å². The average molecular weight is 797 g/mol. The number of hydrogen-bond acceptors (Lipinski definition) is 9. The highest BCUT2D eigenvalue weighted by Crippen LogP contribution is 2.38. The number of esters is 4. The van der Waals surface area contributed by atoms with Crippen LogP contribution in [0.4, 0.5) is 5.69 Å². The molecule has 13 heteroatoms. The lowest BCUT2D eigenvalue weighted by atomic mass is 10.0. The molecule has 0 atom stereocenters. The normalized spacial score (nSPS) is 11.1. The molecule has 0 unspecified atom stereocenters. The Morgan fingerprint density at radius 1 is 0.714 bits per heavy atom. The minimum atomic E-state index is -0.497. The van der Waals surface area contributed by atoms with E-state index in [-0.39, 0.29) is 19.8 Å². The summed E-state index contributed by atoms with van der Waals surface area (Å²) < 4.78 is 26.7. The maximum Gasteiger partial charge on any atom is 0.340 e. The number of halogens is 2. The van der Waals surface area contributed by atoms with E-state index in [0.717, 1.165) is 22.3 Å². The molecular formula is C36H35Br2N3O8. The van der Waals surface area contributed by atoms with Gasteiger partial charge in [-0.2, -0.15) is 0 Å². The maximum absolute atomic E-state index is 13.4. The molecule has 2 heterocycles. The first kappa shape index (κ1) is 35.7. The fourth-order valence-corrected chi connectivity index (χ4v) is 6.75. The van der Waals surface area contributed by atoms with E-state index >= 15 is 0 Å². The van der Waals surface area contributed by atoms with Crippen molar-refractivity contribution in [2.45, 2.75) is 40.7 Å². The van der Waals surface area contributed by atoms with Crippen LogP contribution in [0.3, 0.4) is 0 Å². The van der Waals surface area contributed by atoms with Crippen LogP contribution in [-0.2, 0) is 46.1 Å². The summed E-state index contributed by atoms with van der Waals surface area (Å²) in [6.07, 6.45) is 0.349. The van der Waals surface area contributed by atoms with Gasteiger partial charge >= 0.3 is 23.9 Å². The molecule has 0 amide bonds. The van der Waals surface area contributed by atoms with Gasteiger partial charge in [0.15, 0.2) is 0 Å². The highest BCUT2D eigenvalue weighted by atomic mass is 79.9. The highest BCUT2D eigenvalue weighted by Gasteiger charge is 2.27. The van der Waals surface area contributed by atoms with Crippen LogP contribution in [0.15, 0.2) is 57.5 Å². The molecule has 0 aliphatic heterocycles. The minimum Gasteiger partial charge on any atom is -0.462 e. The van der Waals surface area contributed by atoms with Crippen molar-refractivity contribution in [3.8, 4) is 11.5 Å². The van der Waals surface area contributed by atoms with Gasteiger partial charge in [0, 0.05) is 56.5 Å². The third-order valence-corrected chi connectivity index (χ3v) is 9.28. The van der Waals surface area contributed by atoms with Crippen molar-refractivity contribution in [1.29, 1.82) is 0 Å². The Morgan fingerprint density at radius 2 is 1.18 bits per heavy atom. The number of benzene rings is 3. The second-order valence-electron chi connectivity index (χ2n) is 11.2. The summed E-state index contributed by atoms with van der Waals surface area (Å²) in [6, 6.07) is 14.7. The molecule has 5 rings (SSSR count). The van der Waals surface area contributed by atoms with Crippen LogP contribution in [0.25, 0.3) is 21.8 Å². The molecule has 49 heavy (non-hydrogen) atoms. The van der Waals surface area contributed by atoms with Crippen LogP contribution >= 0.6 is 31.9 Å². The van der Waals surface area contributed by atoms with Crippen molar-refractivity contribution in [3.63, 3.8) is 0 Å². The molecule has 3 aromatic carbocycles. The van der Waals surface area contributed by atoms with Gasteiger partial charge in [0.2, 0.25) is 0 Å². The number of nitrogens with one attached hydrogen (secondary N) is 1. The number of aryl methyl sites for hydroxylation is 2. The molecule has 0 radical (unpaired) electrons. The zero-order valence-electron chi connectivity index (χ0n) is 27.9. The van der Waals surface area contributed by atoms with E-state index in [4.69, 9.17) is 18.9 Å². The van der Waals surface area contributed by atoms with Gasteiger partial charge in [-0.05, 0) is 81.6 Å². The molecule has 256 valence electrons. The van der Waals surface area contributed by atoms with Gasteiger partial charge in [-0.25, -0.2) is 9.59 Å². The number of rotatable bonds is 11. The number of hydrogen-bond donors (Lipinski definition) is 1. The molecule has 0 fully saturated rings. The number of carbonyl (C=O) groups excluding carboxylic acids is 4. The van der Waals surface area contributed by atoms with Gasteiger partial charge in [0.25, 0.3) is 0 Å². The Balaban J connectivity index is 1.57. The highest BCUT2D eigenvalue weighted by molar-refractivity contribution is 9.11. The molecular weight excluding hydrogens is 762 g/mol. The fourth-order valence-electron chi connectivity index (χ4n) is 5.93. The lowest BCUT2D eigenvalue weighted by Crippen LogP contribution is -2.13. The zero-order valence-corrected chi connectivity index (χ0v) is 31.0. The van der Waals surface area contributed by atoms with Crippen LogP contribution in [0.2, 0.25) is 0 Å². The van der Waals surface area contributed by atoms with E-state index in [0.29, 0.717) is 60.2 Å². The first-order valence-corrected chi connectivity index (χ1v) is 17.1. The van der Waals surface area contributed by atoms with Crippen molar-refractivity contribution in [1.82, 2.24) is 9.13 Å². The standard InChI is InChI=1S/C36H35Br2N3O8/c1-7-46-35(44)33-22-14-31(48-19(3)42)24(37)16-27(22)40(5)29(33)13-21-11-9-10-12-26(21)39-18-30-34(36(45)47-8-2)23-15-32(49-20(4)43)25(38)17-28(23)41(30)6/h9-12,14-17,39H,7-8,13,18H2,1-6H3. The van der Waals surface area contributed by atoms with E-state index in [1.165, 1.54) is 13.8 Å². The molecule has 1 N–H and O–H groups in total.